The summed E-state index contributed by atoms with van der Waals surface area (Å²) in [7, 11) is 0. The zero-order valence-corrected chi connectivity index (χ0v) is 18.7. The molecule has 0 aliphatic heterocycles. The van der Waals surface area contributed by atoms with Crippen LogP contribution in [0.15, 0.2) is 33.5 Å². The van der Waals surface area contributed by atoms with E-state index in [1.165, 1.54) is 6.07 Å². The van der Waals surface area contributed by atoms with E-state index < -0.39 is 5.63 Å². The fraction of sp³-hybridized carbons (Fsp3) is 0.583. The average molecular weight is 418 g/mol. The van der Waals surface area contributed by atoms with Gasteiger partial charge in [-0.25, -0.2) is 4.79 Å². The quantitative estimate of drug-likeness (QED) is 0.254. The van der Waals surface area contributed by atoms with Crippen LogP contribution in [0.3, 0.4) is 0 Å². The second-order valence-corrected chi connectivity index (χ2v) is 7.52. The first kappa shape index (κ1) is 23.8. The van der Waals surface area contributed by atoms with E-state index in [9.17, 15) is 9.59 Å². The van der Waals surface area contributed by atoms with Crippen molar-refractivity contribution in [1.82, 2.24) is 0 Å². The average Bonchev–Trinajstić information content (AvgIpc) is 2.75. The highest BCUT2D eigenvalue weighted by molar-refractivity contribution is 5.86. The fourth-order valence-electron chi connectivity index (χ4n) is 3.25. The highest BCUT2D eigenvalue weighted by Gasteiger charge is 2.12. The third kappa shape index (κ3) is 6.78. The molecular weight excluding hydrogens is 382 g/mol. The Morgan fingerprint density at radius 2 is 1.73 bits per heavy atom. The summed E-state index contributed by atoms with van der Waals surface area (Å²) in [6, 6.07) is 7.29. The smallest absolute Gasteiger partial charge is 0.339 e. The molecule has 1 atom stereocenters. The Kier molecular flexibility index (Phi) is 9.71. The molecule has 0 aliphatic rings. The molecule has 0 N–H and O–H groups in total. The first-order chi connectivity index (χ1) is 14.5. The molecule has 0 radical (unpaired) electrons. The maximum absolute atomic E-state index is 12.0. The predicted molar refractivity (Wildman–Crippen MR) is 120 cm³/mol. The minimum atomic E-state index is -0.405. The van der Waals surface area contributed by atoms with Crippen LogP contribution in [0.25, 0.3) is 11.0 Å². The van der Waals surface area contributed by atoms with E-state index in [2.05, 4.69) is 18.7 Å². The number of ether oxygens (including phenoxy) is 2. The third-order valence-corrected chi connectivity index (χ3v) is 5.37. The summed E-state index contributed by atoms with van der Waals surface area (Å²) in [5.74, 6) is 0.425. The fourth-order valence-corrected chi connectivity index (χ4v) is 3.25. The number of hydrogen-bond acceptors (Lipinski definition) is 6. The molecule has 0 saturated heterocycles. The molecule has 0 spiro atoms. The van der Waals surface area contributed by atoms with Gasteiger partial charge in [-0.2, -0.15) is 0 Å². The van der Waals surface area contributed by atoms with Crippen molar-refractivity contribution in [2.75, 3.05) is 31.2 Å². The molecule has 1 heterocycles. The molecule has 1 unspecified atom stereocenters. The van der Waals surface area contributed by atoms with Gasteiger partial charge < -0.3 is 18.8 Å². The Morgan fingerprint density at radius 1 is 1.03 bits per heavy atom. The zero-order chi connectivity index (χ0) is 21.9. The molecule has 2 rings (SSSR count). The van der Waals surface area contributed by atoms with E-state index in [1.807, 2.05) is 32.0 Å². The van der Waals surface area contributed by atoms with E-state index in [-0.39, 0.29) is 11.9 Å². The van der Waals surface area contributed by atoms with Gasteiger partial charge in [0.1, 0.15) is 11.3 Å². The van der Waals surface area contributed by atoms with Crippen molar-refractivity contribution >= 4 is 22.6 Å². The molecule has 2 aromatic rings. The van der Waals surface area contributed by atoms with Crippen LogP contribution < -0.4 is 15.3 Å². The zero-order valence-electron chi connectivity index (χ0n) is 18.7. The van der Waals surface area contributed by atoms with Crippen molar-refractivity contribution in [2.24, 2.45) is 5.92 Å². The van der Waals surface area contributed by atoms with Gasteiger partial charge in [0.2, 0.25) is 0 Å². The van der Waals surface area contributed by atoms with Gasteiger partial charge in [0.25, 0.3) is 0 Å². The van der Waals surface area contributed by atoms with Crippen molar-refractivity contribution in [2.45, 2.75) is 59.8 Å². The molecule has 1 aromatic carbocycles. The number of carbonyl (C=O) groups is 1. The van der Waals surface area contributed by atoms with Crippen LogP contribution >= 0.6 is 0 Å². The van der Waals surface area contributed by atoms with Crippen LogP contribution in [0.2, 0.25) is 0 Å². The Hall–Kier alpha value is -2.50. The van der Waals surface area contributed by atoms with Gasteiger partial charge in [-0.15, -0.1) is 0 Å². The van der Waals surface area contributed by atoms with Crippen molar-refractivity contribution in [3.63, 3.8) is 0 Å². The molecule has 30 heavy (non-hydrogen) atoms. The lowest BCUT2D eigenvalue weighted by atomic mass is 10.1. The molecule has 6 heteroatoms. The number of unbranched alkanes of at least 4 members (excludes halogenated alkanes) is 3. The van der Waals surface area contributed by atoms with Crippen molar-refractivity contribution in [3.05, 3.63) is 34.7 Å². The molecule has 6 nitrogen and oxygen atoms in total. The monoisotopic (exact) mass is 417 g/mol. The summed E-state index contributed by atoms with van der Waals surface area (Å²) in [5.41, 5.74) is 1.17. The largest absolute Gasteiger partial charge is 0.493 e. The Morgan fingerprint density at radius 3 is 2.40 bits per heavy atom. The summed E-state index contributed by atoms with van der Waals surface area (Å²) in [6.07, 6.45) is 4.49. The summed E-state index contributed by atoms with van der Waals surface area (Å²) in [6.45, 7) is 10.8. The maximum Gasteiger partial charge on any atom is 0.339 e. The molecular formula is C24H35NO5. The topological polar surface area (TPSA) is 69.0 Å². The van der Waals surface area contributed by atoms with Gasteiger partial charge in [0, 0.05) is 24.8 Å². The molecule has 0 fully saturated rings. The predicted octanol–water partition coefficient (Wildman–Crippen LogP) is 5.17. The number of esters is 1. The minimum Gasteiger partial charge on any atom is -0.493 e. The molecule has 0 bridgehead atoms. The number of fused-ring (bicyclic) bond motifs is 1. The lowest BCUT2D eigenvalue weighted by Crippen LogP contribution is -2.21. The number of benzene rings is 1. The first-order valence-corrected chi connectivity index (χ1v) is 11.1. The molecule has 0 amide bonds. The highest BCUT2D eigenvalue weighted by atomic mass is 16.5. The van der Waals surface area contributed by atoms with E-state index in [0.29, 0.717) is 24.5 Å². The molecule has 1 aromatic heterocycles. The molecule has 0 aliphatic carbocycles. The van der Waals surface area contributed by atoms with Gasteiger partial charge in [-0.3, -0.25) is 4.79 Å². The number of rotatable bonds is 13. The summed E-state index contributed by atoms with van der Waals surface area (Å²) < 4.78 is 16.5. The number of carbonyl (C=O) groups excluding carboxylic acids is 1. The van der Waals surface area contributed by atoms with Crippen LogP contribution in [0, 0.1) is 5.92 Å². The van der Waals surface area contributed by atoms with E-state index in [0.717, 1.165) is 56.3 Å². The van der Waals surface area contributed by atoms with Gasteiger partial charge in [0.05, 0.1) is 30.6 Å². The Labute approximate surface area is 179 Å². The van der Waals surface area contributed by atoms with Gasteiger partial charge in [-0.05, 0) is 58.1 Å². The highest BCUT2D eigenvalue weighted by Crippen LogP contribution is 2.28. The van der Waals surface area contributed by atoms with E-state index in [4.69, 9.17) is 13.9 Å². The second-order valence-electron chi connectivity index (χ2n) is 7.52. The van der Waals surface area contributed by atoms with Crippen molar-refractivity contribution < 1.29 is 18.7 Å². The number of hydrogen-bond donors (Lipinski definition) is 0. The summed E-state index contributed by atoms with van der Waals surface area (Å²) >= 11 is 0. The van der Waals surface area contributed by atoms with Gasteiger partial charge in [0.15, 0.2) is 0 Å². The second kappa shape index (κ2) is 12.3. The molecule has 0 saturated carbocycles. The standard InChI is InChI=1S/C24H35NO5/c1-5-18(4)24(27)29-15-11-9-8-10-14-28-21-17-23(26)30-22-16-19(12-13-20(21)22)25(6-2)7-3/h12-13,16-18H,5-11,14-15H2,1-4H3. The van der Waals surface area contributed by atoms with Crippen LogP contribution in [0.5, 0.6) is 5.75 Å². The lowest BCUT2D eigenvalue weighted by molar-refractivity contribution is -0.148. The Bertz CT molecular complexity index is 856. The minimum absolute atomic E-state index is 0.0279. The number of anilines is 1. The summed E-state index contributed by atoms with van der Waals surface area (Å²) in [5, 5.41) is 0.808. The van der Waals surface area contributed by atoms with E-state index in [1.54, 1.807) is 0 Å². The van der Waals surface area contributed by atoms with E-state index >= 15 is 0 Å². The number of nitrogens with zero attached hydrogens (tertiary/aromatic N) is 1. The normalized spacial score (nSPS) is 12.0. The lowest BCUT2D eigenvalue weighted by Gasteiger charge is -2.21. The first-order valence-electron chi connectivity index (χ1n) is 11.1. The van der Waals surface area contributed by atoms with Crippen LogP contribution in [0.4, 0.5) is 5.69 Å². The summed E-state index contributed by atoms with van der Waals surface area (Å²) in [4.78, 5) is 25.8. The van der Waals surface area contributed by atoms with Crippen molar-refractivity contribution in [1.29, 1.82) is 0 Å². The Balaban J connectivity index is 1.82. The maximum atomic E-state index is 12.0. The SMILES string of the molecule is CCC(C)C(=O)OCCCCCCOc1cc(=O)oc2cc(N(CC)CC)ccc12. The van der Waals surface area contributed by atoms with Crippen LogP contribution in [0.1, 0.15) is 59.8 Å². The van der Waals surface area contributed by atoms with Crippen LogP contribution in [-0.4, -0.2) is 32.3 Å². The van der Waals surface area contributed by atoms with Gasteiger partial charge in [-0.1, -0.05) is 13.8 Å². The van der Waals surface area contributed by atoms with Gasteiger partial charge >= 0.3 is 11.6 Å². The van der Waals surface area contributed by atoms with Crippen molar-refractivity contribution in [3.8, 4) is 5.75 Å². The van der Waals surface area contributed by atoms with Crippen LogP contribution in [-0.2, 0) is 9.53 Å². The third-order valence-electron chi connectivity index (χ3n) is 5.37. The molecule has 166 valence electrons.